The Hall–Kier alpha value is 0.400. The standard InChI is InChI=1S/C13H25BrO2/c1-12(2,15-3)8-9-16-11-13(10-14)6-4-5-7-13/h4-11H2,1-3H3. The van der Waals surface area contributed by atoms with Gasteiger partial charge in [-0.15, -0.1) is 0 Å². The quantitative estimate of drug-likeness (QED) is 0.525. The van der Waals surface area contributed by atoms with Crippen LogP contribution in [0.5, 0.6) is 0 Å². The van der Waals surface area contributed by atoms with E-state index in [4.69, 9.17) is 9.47 Å². The average molecular weight is 293 g/mol. The van der Waals surface area contributed by atoms with Crippen LogP contribution in [0.15, 0.2) is 0 Å². The summed E-state index contributed by atoms with van der Waals surface area (Å²) in [4.78, 5) is 0. The summed E-state index contributed by atoms with van der Waals surface area (Å²) in [7, 11) is 1.76. The summed E-state index contributed by atoms with van der Waals surface area (Å²) in [5.41, 5.74) is 0.356. The molecule has 0 atom stereocenters. The summed E-state index contributed by atoms with van der Waals surface area (Å²) in [6, 6.07) is 0. The van der Waals surface area contributed by atoms with Crippen molar-refractivity contribution in [1.82, 2.24) is 0 Å². The number of ether oxygens (including phenoxy) is 2. The van der Waals surface area contributed by atoms with Crippen LogP contribution < -0.4 is 0 Å². The maximum Gasteiger partial charge on any atom is 0.0644 e. The molecule has 0 radical (unpaired) electrons. The Morgan fingerprint density at radius 2 is 1.88 bits per heavy atom. The van der Waals surface area contributed by atoms with Gasteiger partial charge in [0.25, 0.3) is 0 Å². The molecule has 0 heterocycles. The molecule has 0 aliphatic heterocycles. The third-order valence-corrected chi connectivity index (χ3v) is 4.95. The molecule has 0 amide bonds. The first kappa shape index (κ1) is 14.5. The monoisotopic (exact) mass is 292 g/mol. The van der Waals surface area contributed by atoms with Crippen molar-refractivity contribution in [3.63, 3.8) is 0 Å². The molecule has 1 saturated carbocycles. The molecule has 0 aromatic carbocycles. The normalized spacial score (nSPS) is 20.2. The molecule has 0 aromatic rings. The van der Waals surface area contributed by atoms with Gasteiger partial charge in [0.15, 0.2) is 0 Å². The zero-order valence-electron chi connectivity index (χ0n) is 10.9. The van der Waals surface area contributed by atoms with Crippen LogP contribution >= 0.6 is 15.9 Å². The van der Waals surface area contributed by atoms with Crippen LogP contribution in [-0.4, -0.2) is 31.3 Å². The molecule has 16 heavy (non-hydrogen) atoms. The van der Waals surface area contributed by atoms with Crippen molar-refractivity contribution in [1.29, 1.82) is 0 Å². The molecule has 0 saturated heterocycles. The Kier molecular flexibility index (Phi) is 5.75. The van der Waals surface area contributed by atoms with Gasteiger partial charge in [-0.3, -0.25) is 0 Å². The van der Waals surface area contributed by atoms with Gasteiger partial charge in [-0.05, 0) is 33.1 Å². The summed E-state index contributed by atoms with van der Waals surface area (Å²) in [6.45, 7) is 5.91. The van der Waals surface area contributed by atoms with E-state index in [1.54, 1.807) is 7.11 Å². The third kappa shape index (κ3) is 4.34. The van der Waals surface area contributed by atoms with E-state index in [0.717, 1.165) is 25.0 Å². The van der Waals surface area contributed by atoms with Crippen LogP contribution in [0, 0.1) is 5.41 Å². The van der Waals surface area contributed by atoms with Crippen molar-refractivity contribution < 1.29 is 9.47 Å². The van der Waals surface area contributed by atoms with Crippen LogP contribution in [0.25, 0.3) is 0 Å². The van der Waals surface area contributed by atoms with E-state index < -0.39 is 0 Å². The molecule has 96 valence electrons. The highest BCUT2D eigenvalue weighted by Crippen LogP contribution is 2.39. The van der Waals surface area contributed by atoms with Gasteiger partial charge in [0.1, 0.15) is 0 Å². The number of hydrogen-bond donors (Lipinski definition) is 0. The number of halogens is 1. The zero-order valence-corrected chi connectivity index (χ0v) is 12.4. The smallest absolute Gasteiger partial charge is 0.0644 e. The van der Waals surface area contributed by atoms with Gasteiger partial charge in [-0.25, -0.2) is 0 Å². The van der Waals surface area contributed by atoms with E-state index in [2.05, 4.69) is 29.8 Å². The van der Waals surface area contributed by atoms with Gasteiger partial charge in [-0.2, -0.15) is 0 Å². The van der Waals surface area contributed by atoms with Gasteiger partial charge < -0.3 is 9.47 Å². The van der Waals surface area contributed by atoms with Crippen LogP contribution in [0.3, 0.4) is 0 Å². The molecule has 1 rings (SSSR count). The lowest BCUT2D eigenvalue weighted by Gasteiger charge is -2.28. The van der Waals surface area contributed by atoms with Crippen molar-refractivity contribution in [2.75, 3.05) is 25.7 Å². The molecule has 0 aromatic heterocycles. The fourth-order valence-corrected chi connectivity index (χ4v) is 2.87. The maximum absolute atomic E-state index is 5.84. The second kappa shape index (κ2) is 6.36. The fourth-order valence-electron chi connectivity index (χ4n) is 2.15. The van der Waals surface area contributed by atoms with Crippen molar-refractivity contribution in [2.45, 2.75) is 51.6 Å². The Labute approximate surface area is 108 Å². The van der Waals surface area contributed by atoms with Crippen LogP contribution in [0.4, 0.5) is 0 Å². The van der Waals surface area contributed by atoms with Crippen LogP contribution in [-0.2, 0) is 9.47 Å². The Morgan fingerprint density at radius 1 is 1.25 bits per heavy atom. The molecule has 1 aliphatic carbocycles. The molecule has 0 bridgehead atoms. The van der Waals surface area contributed by atoms with Crippen LogP contribution in [0.1, 0.15) is 46.0 Å². The Morgan fingerprint density at radius 3 is 2.38 bits per heavy atom. The van der Waals surface area contributed by atoms with Gasteiger partial charge in [0.2, 0.25) is 0 Å². The summed E-state index contributed by atoms with van der Waals surface area (Å²) in [6.07, 6.45) is 6.30. The van der Waals surface area contributed by atoms with Crippen molar-refractivity contribution in [2.24, 2.45) is 5.41 Å². The van der Waals surface area contributed by atoms with Crippen molar-refractivity contribution >= 4 is 15.9 Å². The van der Waals surface area contributed by atoms with E-state index in [1.165, 1.54) is 25.7 Å². The maximum atomic E-state index is 5.84. The molecule has 2 nitrogen and oxygen atoms in total. The summed E-state index contributed by atoms with van der Waals surface area (Å²) in [5.74, 6) is 0. The Balaban J connectivity index is 2.19. The SMILES string of the molecule is COC(C)(C)CCOCC1(CBr)CCCC1. The molecule has 1 fully saturated rings. The minimum absolute atomic E-state index is 0.0583. The minimum Gasteiger partial charge on any atom is -0.381 e. The number of alkyl halides is 1. The molecular weight excluding hydrogens is 268 g/mol. The van der Waals surface area contributed by atoms with Crippen LogP contribution in [0.2, 0.25) is 0 Å². The summed E-state index contributed by atoms with van der Waals surface area (Å²) < 4.78 is 11.2. The average Bonchev–Trinajstić information content (AvgIpc) is 2.74. The fraction of sp³-hybridized carbons (Fsp3) is 1.00. The second-order valence-electron chi connectivity index (χ2n) is 5.61. The molecule has 1 aliphatic rings. The molecule has 3 heteroatoms. The highest BCUT2D eigenvalue weighted by molar-refractivity contribution is 9.09. The van der Waals surface area contributed by atoms with Gasteiger partial charge in [-0.1, -0.05) is 28.8 Å². The minimum atomic E-state index is -0.0583. The zero-order chi connectivity index (χ0) is 12.1. The lowest BCUT2D eigenvalue weighted by atomic mass is 9.90. The molecular formula is C13H25BrO2. The summed E-state index contributed by atoms with van der Waals surface area (Å²) in [5, 5.41) is 1.08. The lowest BCUT2D eigenvalue weighted by Crippen LogP contribution is -2.28. The van der Waals surface area contributed by atoms with E-state index in [9.17, 15) is 0 Å². The van der Waals surface area contributed by atoms with Crippen molar-refractivity contribution in [3.8, 4) is 0 Å². The first-order valence-electron chi connectivity index (χ1n) is 6.22. The lowest BCUT2D eigenvalue weighted by molar-refractivity contribution is -0.0216. The number of methoxy groups -OCH3 is 1. The topological polar surface area (TPSA) is 18.5 Å². The van der Waals surface area contributed by atoms with E-state index >= 15 is 0 Å². The van der Waals surface area contributed by atoms with Gasteiger partial charge >= 0.3 is 0 Å². The highest BCUT2D eigenvalue weighted by atomic mass is 79.9. The number of hydrogen-bond acceptors (Lipinski definition) is 2. The molecule has 0 unspecified atom stereocenters. The molecule has 0 spiro atoms. The molecule has 0 N–H and O–H groups in total. The highest BCUT2D eigenvalue weighted by Gasteiger charge is 2.33. The van der Waals surface area contributed by atoms with Crippen molar-refractivity contribution in [3.05, 3.63) is 0 Å². The Bertz CT molecular complexity index is 198. The first-order chi connectivity index (χ1) is 7.54. The first-order valence-corrected chi connectivity index (χ1v) is 7.35. The van der Waals surface area contributed by atoms with E-state index in [-0.39, 0.29) is 5.60 Å². The van der Waals surface area contributed by atoms with Gasteiger partial charge in [0.05, 0.1) is 12.2 Å². The predicted molar refractivity (Wildman–Crippen MR) is 71.2 cm³/mol. The summed E-state index contributed by atoms with van der Waals surface area (Å²) >= 11 is 3.63. The van der Waals surface area contributed by atoms with Gasteiger partial charge in [0, 0.05) is 24.5 Å². The predicted octanol–water partition coefficient (Wildman–Crippen LogP) is 3.77. The second-order valence-corrected chi connectivity index (χ2v) is 6.17. The van der Waals surface area contributed by atoms with E-state index in [1.807, 2.05) is 0 Å². The largest absolute Gasteiger partial charge is 0.381 e. The number of rotatable bonds is 7. The van der Waals surface area contributed by atoms with E-state index in [0.29, 0.717) is 5.41 Å². The third-order valence-electron chi connectivity index (χ3n) is 3.76.